The van der Waals surface area contributed by atoms with E-state index in [0.29, 0.717) is 0 Å². The summed E-state index contributed by atoms with van der Waals surface area (Å²) < 4.78 is 10.8. The Balaban J connectivity index is 2.10. The van der Waals surface area contributed by atoms with E-state index in [-0.39, 0.29) is 12.5 Å². The van der Waals surface area contributed by atoms with E-state index in [4.69, 9.17) is 9.47 Å². The van der Waals surface area contributed by atoms with Crippen molar-refractivity contribution in [2.24, 2.45) is 0 Å². The van der Waals surface area contributed by atoms with Gasteiger partial charge in [0.1, 0.15) is 24.4 Å². The van der Waals surface area contributed by atoms with E-state index in [9.17, 15) is 20.1 Å². The van der Waals surface area contributed by atoms with E-state index >= 15 is 0 Å². The third-order valence-electron chi connectivity index (χ3n) is 3.53. The number of ether oxygens (including phenoxy) is 2. The van der Waals surface area contributed by atoms with Crippen molar-refractivity contribution in [3.8, 4) is 0 Å². The number of hydrogen-bond donors (Lipinski definition) is 4. The zero-order chi connectivity index (χ0) is 16.1. The zero-order valence-electron chi connectivity index (χ0n) is 12.3. The average Bonchev–Trinajstić information content (AvgIpc) is 2.50. The predicted molar refractivity (Wildman–Crippen MR) is 76.6 cm³/mol. The molecule has 0 bridgehead atoms. The molecule has 0 aromatic heterocycles. The van der Waals surface area contributed by atoms with E-state index in [2.05, 4.69) is 5.32 Å². The van der Waals surface area contributed by atoms with Crippen molar-refractivity contribution in [2.45, 2.75) is 44.2 Å². The van der Waals surface area contributed by atoms with Gasteiger partial charge in [0.15, 0.2) is 6.29 Å². The van der Waals surface area contributed by atoms with Crippen LogP contribution in [-0.2, 0) is 20.9 Å². The van der Waals surface area contributed by atoms with Crippen LogP contribution < -0.4 is 5.32 Å². The van der Waals surface area contributed by atoms with Crippen LogP contribution >= 0.6 is 0 Å². The van der Waals surface area contributed by atoms with Crippen LogP contribution in [0.25, 0.3) is 0 Å². The van der Waals surface area contributed by atoms with Gasteiger partial charge in [0, 0.05) is 6.92 Å². The molecule has 7 nitrogen and oxygen atoms in total. The molecule has 1 aromatic rings. The SMILES string of the molecule is CC(=O)N[C@H]1[C@@H](OCc2ccccc2)[C@H](O)[C@H](CO)O[C@@H]1O. The molecule has 1 aliphatic heterocycles. The second-order valence-electron chi connectivity index (χ2n) is 5.23. The number of carbonyl (C=O) groups excluding carboxylic acids is 1. The lowest BCUT2D eigenvalue weighted by atomic mass is 9.96. The number of nitrogens with one attached hydrogen (secondary N) is 1. The minimum absolute atomic E-state index is 0.198. The van der Waals surface area contributed by atoms with Gasteiger partial charge in [-0.1, -0.05) is 30.3 Å². The molecule has 0 unspecified atom stereocenters. The normalized spacial score (nSPS) is 31.7. The van der Waals surface area contributed by atoms with Crippen molar-refractivity contribution in [2.75, 3.05) is 6.61 Å². The van der Waals surface area contributed by atoms with Gasteiger partial charge < -0.3 is 30.1 Å². The number of rotatable bonds is 5. The Morgan fingerprint density at radius 3 is 2.59 bits per heavy atom. The fourth-order valence-corrected chi connectivity index (χ4v) is 2.44. The first-order valence-electron chi connectivity index (χ1n) is 7.08. The van der Waals surface area contributed by atoms with Crippen molar-refractivity contribution in [3.63, 3.8) is 0 Å². The largest absolute Gasteiger partial charge is 0.394 e. The number of benzene rings is 1. The van der Waals surface area contributed by atoms with Crippen LogP contribution in [0.5, 0.6) is 0 Å². The van der Waals surface area contributed by atoms with E-state index in [1.807, 2.05) is 30.3 Å². The zero-order valence-corrected chi connectivity index (χ0v) is 12.3. The van der Waals surface area contributed by atoms with Crippen LogP contribution in [0.2, 0.25) is 0 Å². The fraction of sp³-hybridized carbons (Fsp3) is 0.533. The first-order valence-corrected chi connectivity index (χ1v) is 7.08. The Kier molecular flexibility index (Phi) is 5.87. The molecular formula is C15H21NO6. The van der Waals surface area contributed by atoms with E-state index in [0.717, 1.165) is 5.56 Å². The predicted octanol–water partition coefficient (Wildman–Crippen LogP) is -0.853. The summed E-state index contributed by atoms with van der Waals surface area (Å²) in [5, 5.41) is 31.9. The average molecular weight is 311 g/mol. The van der Waals surface area contributed by atoms with Crippen molar-refractivity contribution in [3.05, 3.63) is 35.9 Å². The first-order chi connectivity index (χ1) is 10.5. The summed E-state index contributed by atoms with van der Waals surface area (Å²) in [4.78, 5) is 11.3. The number of aliphatic hydroxyl groups excluding tert-OH is 3. The molecule has 4 N–H and O–H groups in total. The standard InChI is InChI=1S/C15H21NO6/c1-9(18)16-12-14(13(19)11(7-17)22-15(12)20)21-8-10-5-3-2-4-6-10/h2-6,11-15,17,19-20H,7-8H2,1H3,(H,16,18)/t11-,12-,13+,14+,15-/m0/s1. The maximum Gasteiger partial charge on any atom is 0.217 e. The van der Waals surface area contributed by atoms with Crippen LogP contribution in [0.4, 0.5) is 0 Å². The molecule has 1 aliphatic rings. The number of carbonyl (C=O) groups is 1. The maximum atomic E-state index is 11.3. The molecule has 0 radical (unpaired) electrons. The molecule has 2 rings (SSSR count). The lowest BCUT2D eigenvalue weighted by Crippen LogP contribution is -2.64. The van der Waals surface area contributed by atoms with Gasteiger partial charge in [0.2, 0.25) is 5.91 Å². The summed E-state index contributed by atoms with van der Waals surface area (Å²) in [7, 11) is 0. The Bertz CT molecular complexity index is 482. The van der Waals surface area contributed by atoms with Crippen LogP contribution in [0.15, 0.2) is 30.3 Å². The highest BCUT2D eigenvalue weighted by Gasteiger charge is 2.45. The first kappa shape index (κ1) is 16.9. The molecule has 1 heterocycles. The van der Waals surface area contributed by atoms with Gasteiger partial charge in [-0.25, -0.2) is 0 Å². The van der Waals surface area contributed by atoms with Gasteiger partial charge in [-0.2, -0.15) is 0 Å². The molecule has 1 amide bonds. The minimum atomic E-state index is -1.37. The second kappa shape index (κ2) is 7.66. The molecule has 0 spiro atoms. The van der Waals surface area contributed by atoms with Crippen LogP contribution in [0, 0.1) is 0 Å². The highest BCUT2D eigenvalue weighted by molar-refractivity contribution is 5.73. The number of hydrogen-bond acceptors (Lipinski definition) is 6. The quantitative estimate of drug-likeness (QED) is 0.564. The Hall–Kier alpha value is -1.51. The molecule has 7 heteroatoms. The Labute approximate surface area is 128 Å². The van der Waals surface area contributed by atoms with Crippen LogP contribution in [0.3, 0.4) is 0 Å². The minimum Gasteiger partial charge on any atom is -0.394 e. The molecule has 0 aliphatic carbocycles. The van der Waals surface area contributed by atoms with Crippen molar-refractivity contribution >= 4 is 5.91 Å². The Morgan fingerprint density at radius 2 is 2.00 bits per heavy atom. The van der Waals surface area contributed by atoms with Crippen LogP contribution in [-0.4, -0.2) is 58.5 Å². The smallest absolute Gasteiger partial charge is 0.217 e. The van der Waals surface area contributed by atoms with Crippen molar-refractivity contribution in [1.29, 1.82) is 0 Å². The van der Waals surface area contributed by atoms with Crippen molar-refractivity contribution < 1.29 is 29.6 Å². The molecule has 22 heavy (non-hydrogen) atoms. The summed E-state index contributed by atoms with van der Waals surface area (Å²) in [6.07, 6.45) is -4.41. The third-order valence-corrected chi connectivity index (χ3v) is 3.53. The molecule has 122 valence electrons. The summed E-state index contributed by atoms with van der Waals surface area (Å²) in [5.74, 6) is -0.379. The van der Waals surface area contributed by atoms with Gasteiger partial charge in [0.25, 0.3) is 0 Å². The van der Waals surface area contributed by atoms with Gasteiger partial charge in [-0.15, -0.1) is 0 Å². The molecule has 1 saturated heterocycles. The number of amides is 1. The second-order valence-corrected chi connectivity index (χ2v) is 5.23. The fourth-order valence-electron chi connectivity index (χ4n) is 2.44. The highest BCUT2D eigenvalue weighted by Crippen LogP contribution is 2.23. The lowest BCUT2D eigenvalue weighted by molar-refractivity contribution is -0.263. The molecule has 1 fully saturated rings. The van der Waals surface area contributed by atoms with Crippen molar-refractivity contribution in [1.82, 2.24) is 5.32 Å². The molecule has 0 saturated carbocycles. The van der Waals surface area contributed by atoms with E-state index in [1.54, 1.807) is 0 Å². The number of aliphatic hydroxyl groups is 3. The summed E-state index contributed by atoms with van der Waals surface area (Å²) in [6.45, 7) is 1.03. The Morgan fingerprint density at radius 1 is 1.32 bits per heavy atom. The maximum absolute atomic E-state index is 11.3. The summed E-state index contributed by atoms with van der Waals surface area (Å²) in [5.41, 5.74) is 0.887. The topological polar surface area (TPSA) is 108 Å². The van der Waals surface area contributed by atoms with Crippen LogP contribution in [0.1, 0.15) is 12.5 Å². The monoisotopic (exact) mass is 311 g/mol. The molecule has 5 atom stereocenters. The van der Waals surface area contributed by atoms with Gasteiger partial charge in [-0.3, -0.25) is 4.79 Å². The molecular weight excluding hydrogens is 290 g/mol. The van der Waals surface area contributed by atoms with Gasteiger partial charge in [0.05, 0.1) is 13.2 Å². The van der Waals surface area contributed by atoms with Gasteiger partial charge in [-0.05, 0) is 5.56 Å². The molecule has 1 aromatic carbocycles. The lowest BCUT2D eigenvalue weighted by Gasteiger charge is -2.42. The third kappa shape index (κ3) is 4.02. The highest BCUT2D eigenvalue weighted by atomic mass is 16.6. The summed E-state index contributed by atoms with van der Waals surface area (Å²) >= 11 is 0. The van der Waals surface area contributed by atoms with E-state index < -0.39 is 37.3 Å². The van der Waals surface area contributed by atoms with Gasteiger partial charge >= 0.3 is 0 Å². The summed E-state index contributed by atoms with van der Waals surface area (Å²) in [6, 6.07) is 8.39. The van der Waals surface area contributed by atoms with E-state index in [1.165, 1.54) is 6.92 Å².